The molecule has 1 N–H and O–H groups in total. The molecular weight excluding hydrogens is 271 g/mol. The van der Waals surface area contributed by atoms with E-state index in [2.05, 4.69) is 0 Å². The summed E-state index contributed by atoms with van der Waals surface area (Å²) >= 11 is 0. The Morgan fingerprint density at radius 3 is 2.62 bits per heavy atom. The second kappa shape index (κ2) is 5.95. The molecule has 110 valence electrons. The Balaban J connectivity index is 2.27. The van der Waals surface area contributed by atoms with Crippen molar-refractivity contribution in [3.05, 3.63) is 58.4 Å². The van der Waals surface area contributed by atoms with Gasteiger partial charge in [0.05, 0.1) is 0 Å². The summed E-state index contributed by atoms with van der Waals surface area (Å²) in [6.45, 7) is 4.81. The number of rotatable bonds is 4. The zero-order valence-corrected chi connectivity index (χ0v) is 12.2. The molecule has 3 nitrogen and oxygen atoms in total. The van der Waals surface area contributed by atoms with Crippen molar-refractivity contribution in [2.45, 2.75) is 27.4 Å². The fraction of sp³-hybridized carbons (Fsp3) is 0.235. The largest absolute Gasteiger partial charge is 0.505 e. The minimum atomic E-state index is -0.676. The molecule has 0 aliphatic heterocycles. The Hall–Kier alpha value is -2.36. The number of phenols is 1. The number of aryl methyl sites for hydroxylation is 1. The molecule has 0 fully saturated rings. The van der Waals surface area contributed by atoms with Crippen LogP contribution in [0.1, 0.15) is 34.0 Å². The first kappa shape index (κ1) is 15.0. The first-order valence-electron chi connectivity index (χ1n) is 6.62. The molecule has 21 heavy (non-hydrogen) atoms. The summed E-state index contributed by atoms with van der Waals surface area (Å²) in [6.07, 6.45) is 0. The van der Waals surface area contributed by atoms with Crippen molar-refractivity contribution in [2.75, 3.05) is 0 Å². The van der Waals surface area contributed by atoms with Crippen molar-refractivity contribution in [1.29, 1.82) is 0 Å². The van der Waals surface area contributed by atoms with Crippen molar-refractivity contribution in [1.82, 2.24) is 0 Å². The van der Waals surface area contributed by atoms with Crippen molar-refractivity contribution < 1.29 is 19.0 Å². The SMILES string of the molecule is CC(=O)c1ccccc1COc1cc(C)c(O)c(F)c1C. The molecule has 0 radical (unpaired) electrons. The fourth-order valence-electron chi connectivity index (χ4n) is 2.13. The van der Waals surface area contributed by atoms with E-state index in [1.807, 2.05) is 6.07 Å². The average molecular weight is 288 g/mol. The Morgan fingerprint density at radius 1 is 1.29 bits per heavy atom. The van der Waals surface area contributed by atoms with Gasteiger partial charge in [-0.3, -0.25) is 4.79 Å². The summed E-state index contributed by atoms with van der Waals surface area (Å²) in [5.74, 6) is -0.714. The zero-order chi connectivity index (χ0) is 15.6. The van der Waals surface area contributed by atoms with Crippen LogP contribution in [0.3, 0.4) is 0 Å². The first-order chi connectivity index (χ1) is 9.91. The van der Waals surface area contributed by atoms with E-state index >= 15 is 0 Å². The van der Waals surface area contributed by atoms with Crippen molar-refractivity contribution in [3.63, 3.8) is 0 Å². The van der Waals surface area contributed by atoms with E-state index in [1.54, 1.807) is 38.1 Å². The predicted molar refractivity (Wildman–Crippen MR) is 78.3 cm³/mol. The molecule has 0 atom stereocenters. The average Bonchev–Trinajstić information content (AvgIpc) is 2.47. The van der Waals surface area contributed by atoms with E-state index in [4.69, 9.17) is 4.74 Å². The molecule has 0 saturated heterocycles. The first-order valence-corrected chi connectivity index (χ1v) is 6.62. The standard InChI is InChI=1S/C17H17FO3/c1-10-8-15(11(2)16(18)17(10)20)21-9-13-6-4-5-7-14(13)12(3)19/h4-8,20H,9H2,1-3H3. The minimum Gasteiger partial charge on any atom is -0.505 e. The molecule has 0 bridgehead atoms. The molecule has 2 aromatic rings. The quantitative estimate of drug-likeness (QED) is 0.867. The number of hydrogen-bond donors (Lipinski definition) is 1. The molecule has 0 aliphatic rings. The van der Waals surface area contributed by atoms with E-state index < -0.39 is 5.82 Å². The predicted octanol–water partition coefficient (Wildman–Crippen LogP) is 3.93. The van der Waals surface area contributed by atoms with Gasteiger partial charge in [0.25, 0.3) is 0 Å². The maximum Gasteiger partial charge on any atom is 0.171 e. The van der Waals surface area contributed by atoms with Gasteiger partial charge in [-0.1, -0.05) is 24.3 Å². The number of carbonyl (C=O) groups is 1. The second-order valence-electron chi connectivity index (χ2n) is 4.98. The summed E-state index contributed by atoms with van der Waals surface area (Å²) in [4.78, 5) is 11.5. The van der Waals surface area contributed by atoms with Crippen LogP contribution in [-0.2, 0) is 6.61 Å². The lowest BCUT2D eigenvalue weighted by Gasteiger charge is -2.13. The van der Waals surface area contributed by atoms with Gasteiger partial charge in [0.15, 0.2) is 17.3 Å². The third kappa shape index (κ3) is 3.05. The summed E-state index contributed by atoms with van der Waals surface area (Å²) in [6, 6.07) is 8.73. The van der Waals surface area contributed by atoms with Crippen LogP contribution in [0.5, 0.6) is 11.5 Å². The molecular formula is C17H17FO3. The van der Waals surface area contributed by atoms with Crippen LogP contribution < -0.4 is 4.74 Å². The van der Waals surface area contributed by atoms with Gasteiger partial charge in [0.2, 0.25) is 0 Å². The Morgan fingerprint density at radius 2 is 1.95 bits per heavy atom. The number of phenolic OH excluding ortho intramolecular Hbond substituents is 1. The van der Waals surface area contributed by atoms with Gasteiger partial charge in [-0.15, -0.1) is 0 Å². The van der Waals surface area contributed by atoms with E-state index in [-0.39, 0.29) is 23.7 Å². The summed E-state index contributed by atoms with van der Waals surface area (Å²) in [5, 5.41) is 9.54. The molecule has 0 spiro atoms. The second-order valence-corrected chi connectivity index (χ2v) is 4.98. The Labute approximate surface area is 123 Å². The van der Waals surface area contributed by atoms with E-state index in [9.17, 15) is 14.3 Å². The van der Waals surface area contributed by atoms with Crippen LogP contribution in [0.15, 0.2) is 30.3 Å². The molecule has 0 aromatic heterocycles. The normalized spacial score (nSPS) is 10.5. The molecule has 4 heteroatoms. The van der Waals surface area contributed by atoms with Gasteiger partial charge in [0.1, 0.15) is 12.4 Å². The van der Waals surface area contributed by atoms with E-state index in [0.717, 1.165) is 5.56 Å². The molecule has 2 aromatic carbocycles. The molecule has 0 saturated carbocycles. The van der Waals surface area contributed by atoms with E-state index in [1.165, 1.54) is 6.92 Å². The molecule has 0 aliphatic carbocycles. The fourth-order valence-corrected chi connectivity index (χ4v) is 2.13. The smallest absolute Gasteiger partial charge is 0.171 e. The van der Waals surface area contributed by atoms with Crippen molar-refractivity contribution >= 4 is 5.78 Å². The van der Waals surface area contributed by atoms with Crippen LogP contribution in [0.4, 0.5) is 4.39 Å². The number of halogens is 1. The lowest BCUT2D eigenvalue weighted by molar-refractivity contribution is 0.101. The van der Waals surface area contributed by atoms with Crippen LogP contribution in [0.25, 0.3) is 0 Å². The highest BCUT2D eigenvalue weighted by Gasteiger charge is 2.14. The maximum atomic E-state index is 13.8. The number of carbonyl (C=O) groups excluding carboxylic acids is 1. The number of aromatic hydroxyl groups is 1. The molecule has 2 rings (SSSR count). The number of ether oxygens (including phenoxy) is 1. The van der Waals surface area contributed by atoms with Crippen molar-refractivity contribution in [3.8, 4) is 11.5 Å². The van der Waals surface area contributed by atoms with E-state index in [0.29, 0.717) is 16.9 Å². The van der Waals surface area contributed by atoms with Crippen molar-refractivity contribution in [2.24, 2.45) is 0 Å². The highest BCUT2D eigenvalue weighted by molar-refractivity contribution is 5.95. The topological polar surface area (TPSA) is 46.5 Å². The van der Waals surface area contributed by atoms with Gasteiger partial charge in [0, 0.05) is 16.7 Å². The third-order valence-electron chi connectivity index (χ3n) is 3.41. The Bertz CT molecular complexity index is 693. The lowest BCUT2D eigenvalue weighted by atomic mass is 10.1. The molecule has 0 heterocycles. The number of benzene rings is 2. The highest BCUT2D eigenvalue weighted by atomic mass is 19.1. The zero-order valence-electron chi connectivity index (χ0n) is 12.2. The minimum absolute atomic E-state index is 0.0426. The highest BCUT2D eigenvalue weighted by Crippen LogP contribution is 2.31. The molecule has 0 unspecified atom stereocenters. The van der Waals surface area contributed by atoms with Gasteiger partial charge < -0.3 is 9.84 Å². The number of hydrogen-bond acceptors (Lipinski definition) is 3. The van der Waals surface area contributed by atoms with Gasteiger partial charge in [-0.05, 0) is 32.4 Å². The molecule has 0 amide bonds. The van der Waals surface area contributed by atoms with Crippen LogP contribution in [0, 0.1) is 19.7 Å². The van der Waals surface area contributed by atoms with Crippen LogP contribution in [-0.4, -0.2) is 10.9 Å². The number of Topliss-reactive ketones (excluding diaryl/α,β-unsaturated/α-hetero) is 1. The third-order valence-corrected chi connectivity index (χ3v) is 3.41. The van der Waals surface area contributed by atoms with Crippen LogP contribution in [0.2, 0.25) is 0 Å². The Kier molecular flexibility index (Phi) is 4.26. The van der Waals surface area contributed by atoms with Gasteiger partial charge in [-0.25, -0.2) is 4.39 Å². The monoisotopic (exact) mass is 288 g/mol. The van der Waals surface area contributed by atoms with Gasteiger partial charge >= 0.3 is 0 Å². The van der Waals surface area contributed by atoms with Crippen LogP contribution >= 0.6 is 0 Å². The summed E-state index contributed by atoms with van der Waals surface area (Å²) in [7, 11) is 0. The summed E-state index contributed by atoms with van der Waals surface area (Å²) in [5.41, 5.74) is 1.99. The summed E-state index contributed by atoms with van der Waals surface area (Å²) < 4.78 is 19.4. The lowest BCUT2D eigenvalue weighted by Crippen LogP contribution is -2.05. The maximum absolute atomic E-state index is 13.8. The van der Waals surface area contributed by atoms with Gasteiger partial charge in [-0.2, -0.15) is 0 Å². The number of ketones is 1.